The fourth-order valence-corrected chi connectivity index (χ4v) is 1.61. The minimum Gasteiger partial charge on any atom is -0.489 e. The lowest BCUT2D eigenvalue weighted by atomic mass is 10.1. The molecule has 0 fully saturated rings. The molecule has 1 N–H and O–H groups in total. The molecule has 1 rings (SSSR count). The zero-order valence-corrected chi connectivity index (χ0v) is 9.46. The number of hydrogen-bond acceptors (Lipinski definition) is 2. The average Bonchev–Trinajstić information content (AvgIpc) is 2.19. The van der Waals surface area contributed by atoms with Crippen LogP contribution in [0.1, 0.15) is 20.3 Å². The van der Waals surface area contributed by atoms with Crippen LogP contribution in [0.5, 0.6) is 5.75 Å². The van der Waals surface area contributed by atoms with E-state index in [1.165, 1.54) is 12.1 Å². The van der Waals surface area contributed by atoms with Crippen molar-refractivity contribution in [3.05, 3.63) is 30.1 Å². The van der Waals surface area contributed by atoms with Crippen molar-refractivity contribution >= 4 is 0 Å². The number of ether oxygens (including phenoxy) is 1. The van der Waals surface area contributed by atoms with E-state index < -0.39 is 0 Å². The highest BCUT2D eigenvalue weighted by Crippen LogP contribution is 2.15. The average molecular weight is 211 g/mol. The molecule has 2 unspecified atom stereocenters. The molecule has 1 aromatic carbocycles. The number of nitrogens with one attached hydrogen (secondary N) is 1. The normalized spacial score (nSPS) is 14.7. The van der Waals surface area contributed by atoms with Gasteiger partial charge in [0.1, 0.15) is 17.7 Å². The van der Waals surface area contributed by atoms with Crippen molar-refractivity contribution in [2.75, 3.05) is 7.05 Å². The van der Waals surface area contributed by atoms with Gasteiger partial charge in [-0.3, -0.25) is 0 Å². The van der Waals surface area contributed by atoms with Crippen molar-refractivity contribution in [3.63, 3.8) is 0 Å². The molecular weight excluding hydrogens is 193 g/mol. The van der Waals surface area contributed by atoms with Gasteiger partial charge in [-0.15, -0.1) is 0 Å². The van der Waals surface area contributed by atoms with Gasteiger partial charge in [-0.05, 0) is 32.5 Å². The van der Waals surface area contributed by atoms with Gasteiger partial charge in [0, 0.05) is 12.1 Å². The lowest BCUT2D eigenvalue weighted by Crippen LogP contribution is -2.38. The van der Waals surface area contributed by atoms with E-state index in [0.717, 1.165) is 6.42 Å². The first-order valence-corrected chi connectivity index (χ1v) is 5.26. The Balaban J connectivity index is 2.61. The van der Waals surface area contributed by atoms with Crippen molar-refractivity contribution in [2.45, 2.75) is 32.4 Å². The summed E-state index contributed by atoms with van der Waals surface area (Å²) in [4.78, 5) is 0. The zero-order chi connectivity index (χ0) is 11.3. The van der Waals surface area contributed by atoms with Gasteiger partial charge in [0.2, 0.25) is 0 Å². The second-order valence-corrected chi connectivity index (χ2v) is 3.58. The Labute approximate surface area is 90.4 Å². The van der Waals surface area contributed by atoms with Gasteiger partial charge in [0.05, 0.1) is 0 Å². The third-order valence-electron chi connectivity index (χ3n) is 2.50. The van der Waals surface area contributed by atoms with E-state index in [4.69, 9.17) is 4.74 Å². The van der Waals surface area contributed by atoms with E-state index >= 15 is 0 Å². The largest absolute Gasteiger partial charge is 0.489 e. The highest BCUT2D eigenvalue weighted by Gasteiger charge is 2.14. The number of likely N-dealkylation sites (N-methyl/N-ethyl adjacent to an activating group) is 1. The fraction of sp³-hybridized carbons (Fsp3) is 0.500. The number of hydrogen-bond donors (Lipinski definition) is 1. The molecule has 0 aliphatic carbocycles. The Hall–Kier alpha value is -1.09. The molecule has 0 aliphatic heterocycles. The van der Waals surface area contributed by atoms with Crippen molar-refractivity contribution in [3.8, 4) is 5.75 Å². The molecule has 84 valence electrons. The molecule has 2 atom stereocenters. The molecule has 2 nitrogen and oxygen atoms in total. The van der Waals surface area contributed by atoms with E-state index in [-0.39, 0.29) is 18.0 Å². The molecule has 0 radical (unpaired) electrons. The third-order valence-corrected chi connectivity index (χ3v) is 2.50. The van der Waals surface area contributed by atoms with Gasteiger partial charge in [-0.25, -0.2) is 4.39 Å². The Morgan fingerprint density at radius 2 is 2.20 bits per heavy atom. The van der Waals surface area contributed by atoms with Gasteiger partial charge >= 0.3 is 0 Å². The SMILES string of the molecule is CCC(NC)C(C)Oc1cccc(F)c1. The predicted molar refractivity (Wildman–Crippen MR) is 59.6 cm³/mol. The summed E-state index contributed by atoms with van der Waals surface area (Å²) in [6, 6.07) is 6.51. The van der Waals surface area contributed by atoms with Crippen molar-refractivity contribution in [1.82, 2.24) is 5.32 Å². The van der Waals surface area contributed by atoms with Crippen molar-refractivity contribution in [2.24, 2.45) is 0 Å². The molecule has 0 bridgehead atoms. The standard InChI is InChI=1S/C12H18FNO/c1-4-12(14-3)9(2)15-11-7-5-6-10(13)8-11/h5-9,12,14H,4H2,1-3H3. The third kappa shape index (κ3) is 3.51. The van der Waals surface area contributed by atoms with E-state index in [9.17, 15) is 4.39 Å². The second-order valence-electron chi connectivity index (χ2n) is 3.58. The minimum atomic E-state index is -0.266. The van der Waals surface area contributed by atoms with Gasteiger partial charge in [0.25, 0.3) is 0 Å². The van der Waals surface area contributed by atoms with Crippen LogP contribution >= 0.6 is 0 Å². The second kappa shape index (κ2) is 5.71. The predicted octanol–water partition coefficient (Wildman–Crippen LogP) is 2.59. The molecule has 0 amide bonds. The Bertz CT molecular complexity index is 299. The number of halogens is 1. The van der Waals surface area contributed by atoms with E-state index in [1.54, 1.807) is 12.1 Å². The fourth-order valence-electron chi connectivity index (χ4n) is 1.61. The van der Waals surface area contributed by atoms with Crippen molar-refractivity contribution in [1.29, 1.82) is 0 Å². The number of rotatable bonds is 5. The van der Waals surface area contributed by atoms with Crippen LogP contribution in [-0.4, -0.2) is 19.2 Å². The lowest BCUT2D eigenvalue weighted by Gasteiger charge is -2.23. The van der Waals surface area contributed by atoms with Gasteiger partial charge < -0.3 is 10.1 Å². The summed E-state index contributed by atoms with van der Waals surface area (Å²) in [5.41, 5.74) is 0. The lowest BCUT2D eigenvalue weighted by molar-refractivity contribution is 0.171. The molecular formula is C12H18FNO. The number of benzene rings is 1. The maximum atomic E-state index is 12.9. The highest BCUT2D eigenvalue weighted by atomic mass is 19.1. The van der Waals surface area contributed by atoms with Gasteiger partial charge in [-0.2, -0.15) is 0 Å². The van der Waals surface area contributed by atoms with Crippen LogP contribution in [-0.2, 0) is 0 Å². The minimum absolute atomic E-state index is 0.0294. The van der Waals surface area contributed by atoms with Crippen LogP contribution in [0, 0.1) is 5.82 Å². The summed E-state index contributed by atoms with van der Waals surface area (Å²) >= 11 is 0. The van der Waals surface area contributed by atoms with Crippen LogP contribution in [0.4, 0.5) is 4.39 Å². The van der Waals surface area contributed by atoms with Crippen LogP contribution in [0.25, 0.3) is 0 Å². The molecule has 0 heterocycles. The van der Waals surface area contributed by atoms with Crippen LogP contribution in [0.15, 0.2) is 24.3 Å². The topological polar surface area (TPSA) is 21.3 Å². The van der Waals surface area contributed by atoms with E-state index in [1.807, 2.05) is 14.0 Å². The summed E-state index contributed by atoms with van der Waals surface area (Å²) in [6.07, 6.45) is 1.01. The van der Waals surface area contributed by atoms with E-state index in [2.05, 4.69) is 12.2 Å². The first-order chi connectivity index (χ1) is 7.17. The summed E-state index contributed by atoms with van der Waals surface area (Å²) < 4.78 is 18.5. The Kier molecular flexibility index (Phi) is 4.56. The summed E-state index contributed by atoms with van der Waals surface area (Å²) in [6.45, 7) is 4.07. The van der Waals surface area contributed by atoms with Crippen LogP contribution in [0.3, 0.4) is 0 Å². The van der Waals surface area contributed by atoms with Crippen LogP contribution in [0.2, 0.25) is 0 Å². The van der Waals surface area contributed by atoms with E-state index in [0.29, 0.717) is 5.75 Å². The summed E-state index contributed by atoms with van der Waals surface area (Å²) in [5.74, 6) is 0.313. The van der Waals surface area contributed by atoms with Crippen molar-refractivity contribution < 1.29 is 9.13 Å². The Morgan fingerprint density at radius 1 is 1.47 bits per heavy atom. The molecule has 0 saturated heterocycles. The molecule has 1 aromatic rings. The Morgan fingerprint density at radius 3 is 2.73 bits per heavy atom. The smallest absolute Gasteiger partial charge is 0.126 e. The quantitative estimate of drug-likeness (QED) is 0.808. The highest BCUT2D eigenvalue weighted by molar-refractivity contribution is 5.22. The maximum Gasteiger partial charge on any atom is 0.126 e. The first-order valence-electron chi connectivity index (χ1n) is 5.26. The molecule has 3 heteroatoms. The maximum absolute atomic E-state index is 12.9. The zero-order valence-electron chi connectivity index (χ0n) is 9.46. The summed E-state index contributed by atoms with van der Waals surface area (Å²) in [7, 11) is 1.90. The molecule has 0 aliphatic rings. The van der Waals surface area contributed by atoms with Gasteiger partial charge in [0.15, 0.2) is 0 Å². The molecule has 0 spiro atoms. The monoisotopic (exact) mass is 211 g/mol. The molecule has 0 saturated carbocycles. The van der Waals surface area contributed by atoms with Gasteiger partial charge in [-0.1, -0.05) is 13.0 Å². The molecule has 15 heavy (non-hydrogen) atoms. The molecule has 0 aromatic heterocycles. The summed E-state index contributed by atoms with van der Waals surface area (Å²) in [5, 5.41) is 3.17. The van der Waals surface area contributed by atoms with Crippen LogP contribution < -0.4 is 10.1 Å². The first kappa shape index (κ1) is 12.0.